The summed E-state index contributed by atoms with van der Waals surface area (Å²) in [6.45, 7) is 5.42. The van der Waals surface area contributed by atoms with Crippen molar-refractivity contribution in [3.63, 3.8) is 0 Å². The lowest BCUT2D eigenvalue weighted by Gasteiger charge is -2.22. The van der Waals surface area contributed by atoms with E-state index in [0.717, 1.165) is 24.1 Å². The minimum atomic E-state index is -1.03. The molecule has 0 heterocycles. The molecular formula is C22H29N3O3. The predicted molar refractivity (Wildman–Crippen MR) is 111 cm³/mol. The van der Waals surface area contributed by atoms with E-state index in [1.807, 2.05) is 49.4 Å². The Morgan fingerprint density at radius 3 is 2.39 bits per heavy atom. The van der Waals surface area contributed by atoms with Gasteiger partial charge >= 0.3 is 5.97 Å². The van der Waals surface area contributed by atoms with Gasteiger partial charge in [0.15, 0.2) is 5.96 Å². The first-order valence-electron chi connectivity index (χ1n) is 9.43. The first-order valence-corrected chi connectivity index (χ1v) is 9.43. The number of guanidine groups is 1. The average Bonchev–Trinajstić information content (AvgIpc) is 2.72. The quantitative estimate of drug-likeness (QED) is 0.371. The van der Waals surface area contributed by atoms with E-state index in [0.29, 0.717) is 18.1 Å². The lowest BCUT2D eigenvalue weighted by atomic mass is 9.96. The van der Waals surface area contributed by atoms with Crippen LogP contribution in [0.5, 0.6) is 0 Å². The summed E-state index contributed by atoms with van der Waals surface area (Å²) in [6.07, 6.45) is 0.779. The molecule has 0 amide bonds. The molecule has 28 heavy (non-hydrogen) atoms. The summed E-state index contributed by atoms with van der Waals surface area (Å²) in [5.74, 6) is 0.321. The third-order valence-corrected chi connectivity index (χ3v) is 4.37. The second-order valence-electron chi connectivity index (χ2n) is 6.70. The highest BCUT2D eigenvalue weighted by Gasteiger charge is 2.22. The molecule has 1 atom stereocenters. The largest absolute Gasteiger partial charge is 0.465 e. The summed E-state index contributed by atoms with van der Waals surface area (Å²) in [5.41, 5.74) is 1.44. The number of hydrogen-bond acceptors (Lipinski definition) is 4. The molecule has 3 N–H and O–H groups in total. The van der Waals surface area contributed by atoms with Gasteiger partial charge in [-0.15, -0.1) is 0 Å². The maximum atomic E-state index is 11.5. The molecule has 0 aliphatic carbocycles. The second-order valence-corrected chi connectivity index (χ2v) is 6.70. The van der Waals surface area contributed by atoms with Crippen molar-refractivity contribution in [2.75, 3.05) is 26.7 Å². The van der Waals surface area contributed by atoms with Crippen LogP contribution in [0.3, 0.4) is 0 Å². The fourth-order valence-electron chi connectivity index (χ4n) is 2.71. The average molecular weight is 383 g/mol. The number of methoxy groups -OCH3 is 1. The minimum Gasteiger partial charge on any atom is -0.465 e. The van der Waals surface area contributed by atoms with Crippen molar-refractivity contribution < 1.29 is 14.6 Å². The zero-order valence-electron chi connectivity index (χ0n) is 16.7. The molecule has 6 heteroatoms. The van der Waals surface area contributed by atoms with Gasteiger partial charge < -0.3 is 20.5 Å². The van der Waals surface area contributed by atoms with Crippen LogP contribution < -0.4 is 10.6 Å². The summed E-state index contributed by atoms with van der Waals surface area (Å²) in [5, 5.41) is 17.2. The van der Waals surface area contributed by atoms with Crippen molar-refractivity contribution >= 4 is 11.9 Å². The van der Waals surface area contributed by atoms with Crippen molar-refractivity contribution in [1.29, 1.82) is 0 Å². The molecule has 0 fully saturated rings. The third kappa shape index (κ3) is 6.39. The first-order chi connectivity index (χ1) is 13.5. The number of nitrogens with one attached hydrogen (secondary N) is 2. The lowest BCUT2D eigenvalue weighted by Crippen LogP contribution is -2.39. The molecule has 0 saturated heterocycles. The summed E-state index contributed by atoms with van der Waals surface area (Å²) < 4.78 is 4.71. The number of aliphatic hydroxyl groups is 1. The van der Waals surface area contributed by atoms with Crippen molar-refractivity contribution in [3.8, 4) is 0 Å². The van der Waals surface area contributed by atoms with Gasteiger partial charge in [0.1, 0.15) is 5.60 Å². The Morgan fingerprint density at radius 1 is 1.11 bits per heavy atom. The molecule has 0 saturated carbocycles. The van der Waals surface area contributed by atoms with Gasteiger partial charge in [0.25, 0.3) is 0 Å². The van der Waals surface area contributed by atoms with E-state index in [2.05, 4.69) is 15.6 Å². The van der Waals surface area contributed by atoms with Crippen LogP contribution in [-0.4, -0.2) is 43.8 Å². The fraction of sp³-hybridized carbons (Fsp3) is 0.364. The topological polar surface area (TPSA) is 83.0 Å². The Balaban J connectivity index is 1.91. The summed E-state index contributed by atoms with van der Waals surface area (Å²) in [4.78, 5) is 16.0. The second kappa shape index (κ2) is 10.5. The van der Waals surface area contributed by atoms with E-state index < -0.39 is 5.60 Å². The van der Waals surface area contributed by atoms with Crippen molar-refractivity contribution in [2.24, 2.45) is 4.99 Å². The number of nitrogens with zero attached hydrogens (tertiary/aromatic N) is 1. The number of carbonyl (C=O) groups is 1. The molecule has 0 aromatic heterocycles. The van der Waals surface area contributed by atoms with E-state index in [-0.39, 0.29) is 12.5 Å². The summed E-state index contributed by atoms with van der Waals surface area (Å²) in [6, 6.07) is 16.9. The van der Waals surface area contributed by atoms with Crippen molar-refractivity contribution in [1.82, 2.24) is 10.6 Å². The molecule has 0 bridgehead atoms. The summed E-state index contributed by atoms with van der Waals surface area (Å²) in [7, 11) is 1.37. The third-order valence-electron chi connectivity index (χ3n) is 4.37. The molecule has 150 valence electrons. The number of aliphatic imine (C=N–C) groups is 1. The molecule has 2 aromatic rings. The Kier molecular flexibility index (Phi) is 8.02. The monoisotopic (exact) mass is 383 g/mol. The van der Waals surface area contributed by atoms with Crippen LogP contribution in [0.1, 0.15) is 35.3 Å². The predicted octanol–water partition coefficient (Wildman–Crippen LogP) is 2.48. The zero-order chi connectivity index (χ0) is 20.4. The number of rotatable bonds is 8. The van der Waals surface area contributed by atoms with Crippen LogP contribution in [0.4, 0.5) is 0 Å². The molecule has 0 radical (unpaired) electrons. The number of benzene rings is 2. The van der Waals surface area contributed by atoms with E-state index in [1.165, 1.54) is 7.11 Å². The normalized spacial score (nSPS) is 13.5. The smallest absolute Gasteiger partial charge is 0.337 e. The number of ether oxygens (including phenoxy) is 1. The molecule has 0 aliphatic heterocycles. The van der Waals surface area contributed by atoms with Crippen LogP contribution in [0.2, 0.25) is 0 Å². The van der Waals surface area contributed by atoms with E-state index in [1.54, 1.807) is 19.1 Å². The molecule has 1 unspecified atom stereocenters. The number of carbonyl (C=O) groups excluding carboxylic acids is 1. The minimum absolute atomic E-state index is 0.250. The number of hydrogen-bond donors (Lipinski definition) is 3. The number of esters is 1. The zero-order valence-corrected chi connectivity index (χ0v) is 16.7. The highest BCUT2D eigenvalue weighted by atomic mass is 16.5. The molecular weight excluding hydrogens is 354 g/mol. The lowest BCUT2D eigenvalue weighted by molar-refractivity contribution is 0.0600. The van der Waals surface area contributed by atoms with Crippen LogP contribution in [0.15, 0.2) is 59.6 Å². The molecule has 0 spiro atoms. The molecule has 2 rings (SSSR count). The van der Waals surface area contributed by atoms with Crippen LogP contribution >= 0.6 is 0 Å². The van der Waals surface area contributed by atoms with Crippen LogP contribution in [0, 0.1) is 0 Å². The fourth-order valence-corrected chi connectivity index (χ4v) is 2.71. The van der Waals surface area contributed by atoms with Gasteiger partial charge in [-0.25, -0.2) is 9.79 Å². The molecule has 2 aromatic carbocycles. The Morgan fingerprint density at radius 2 is 1.79 bits per heavy atom. The van der Waals surface area contributed by atoms with Gasteiger partial charge in [0, 0.05) is 13.1 Å². The van der Waals surface area contributed by atoms with Gasteiger partial charge in [-0.2, -0.15) is 0 Å². The highest BCUT2D eigenvalue weighted by Crippen LogP contribution is 2.20. The van der Waals surface area contributed by atoms with Crippen LogP contribution in [-0.2, 0) is 16.8 Å². The van der Waals surface area contributed by atoms with E-state index in [9.17, 15) is 9.90 Å². The summed E-state index contributed by atoms with van der Waals surface area (Å²) >= 11 is 0. The van der Waals surface area contributed by atoms with E-state index >= 15 is 0 Å². The van der Waals surface area contributed by atoms with Gasteiger partial charge in [0.2, 0.25) is 0 Å². The SMILES string of the molecule is CCNC(=NCC(C)(O)c1ccccc1)NCCc1ccc(C(=O)OC)cc1. The molecule has 0 aliphatic rings. The maximum Gasteiger partial charge on any atom is 0.337 e. The van der Waals surface area contributed by atoms with Gasteiger partial charge in [-0.1, -0.05) is 42.5 Å². The Bertz CT molecular complexity index is 771. The first kappa shape index (κ1) is 21.4. The van der Waals surface area contributed by atoms with Gasteiger partial charge in [0.05, 0.1) is 19.2 Å². The van der Waals surface area contributed by atoms with Crippen LogP contribution in [0.25, 0.3) is 0 Å². The Labute approximate surface area is 166 Å². The van der Waals surface area contributed by atoms with Crippen molar-refractivity contribution in [3.05, 3.63) is 71.3 Å². The van der Waals surface area contributed by atoms with Gasteiger partial charge in [-0.05, 0) is 43.5 Å². The Hall–Kier alpha value is -2.86. The van der Waals surface area contributed by atoms with Crippen molar-refractivity contribution in [2.45, 2.75) is 25.9 Å². The maximum absolute atomic E-state index is 11.5. The highest BCUT2D eigenvalue weighted by molar-refractivity contribution is 5.89. The van der Waals surface area contributed by atoms with E-state index in [4.69, 9.17) is 4.74 Å². The standard InChI is InChI=1S/C22H29N3O3/c1-4-23-21(25-16-22(2,27)19-8-6-5-7-9-19)24-15-14-17-10-12-18(13-11-17)20(26)28-3/h5-13,27H,4,14-16H2,1-3H3,(H2,23,24,25). The molecule has 6 nitrogen and oxygen atoms in total. The van der Waals surface area contributed by atoms with Gasteiger partial charge in [-0.3, -0.25) is 0 Å².